The molecule has 0 unspecified atom stereocenters. The molecule has 0 fully saturated rings. The van der Waals surface area contributed by atoms with E-state index >= 15 is 0 Å². The number of hydrogen-bond donors (Lipinski definition) is 1. The summed E-state index contributed by atoms with van der Waals surface area (Å²) >= 11 is 0. The van der Waals surface area contributed by atoms with Gasteiger partial charge in [-0.05, 0) is 71.8 Å². The average molecular weight is 406 g/mol. The van der Waals surface area contributed by atoms with Crippen LogP contribution in [0, 0.1) is 0 Å². The van der Waals surface area contributed by atoms with Crippen molar-refractivity contribution in [2.45, 2.75) is 38.9 Å². The number of aliphatic hydroxyl groups is 1. The van der Waals surface area contributed by atoms with E-state index in [1.54, 1.807) is 13.8 Å². The quantitative estimate of drug-likeness (QED) is 0.380. The smallest absolute Gasteiger partial charge is 0.309 e. The van der Waals surface area contributed by atoms with E-state index < -0.39 is 11.2 Å². The average Bonchev–Trinajstić information content (AvgIpc) is 3.08. The van der Waals surface area contributed by atoms with E-state index in [-0.39, 0.29) is 0 Å². The number of hydrogen-bond acceptors (Lipinski definition) is 2. The Bertz CT molecular complexity index is 1250. The maximum Gasteiger partial charge on any atom is 0.309 e. The number of fused-ring (bicyclic) bond motifs is 3. The predicted molar refractivity (Wildman–Crippen MR) is 132 cm³/mol. The summed E-state index contributed by atoms with van der Waals surface area (Å²) in [6.45, 7) is 7.41. The number of rotatable bonds is 5. The van der Waals surface area contributed by atoms with Crippen LogP contribution in [-0.2, 0) is 4.65 Å². The van der Waals surface area contributed by atoms with E-state index in [0.717, 1.165) is 5.46 Å². The van der Waals surface area contributed by atoms with Gasteiger partial charge in [-0.3, -0.25) is 0 Å². The Hall–Kier alpha value is -2.88. The normalized spacial score (nSPS) is 12.8. The molecule has 0 saturated carbocycles. The first-order chi connectivity index (χ1) is 14.8. The molecule has 4 aromatic rings. The summed E-state index contributed by atoms with van der Waals surface area (Å²) in [5.41, 5.74) is 7.30. The van der Waals surface area contributed by atoms with Gasteiger partial charge < -0.3 is 9.76 Å². The minimum absolute atomic E-state index is 0.469. The van der Waals surface area contributed by atoms with Crippen molar-refractivity contribution >= 4 is 23.7 Å². The SMILES string of the molecule is CC(C)(O)C(C)(C)OBc1ccc(-c2ccc3c4c(cccc24)-c2ccccc2-3)cc1. The molecule has 0 heterocycles. The van der Waals surface area contributed by atoms with E-state index in [0.29, 0.717) is 7.48 Å². The van der Waals surface area contributed by atoms with Crippen LogP contribution in [0.1, 0.15) is 27.7 Å². The lowest BCUT2D eigenvalue weighted by Crippen LogP contribution is -2.49. The summed E-state index contributed by atoms with van der Waals surface area (Å²) in [5.74, 6) is 0. The van der Waals surface area contributed by atoms with Crippen molar-refractivity contribution in [1.29, 1.82) is 0 Å². The molecule has 154 valence electrons. The maximum atomic E-state index is 10.3. The van der Waals surface area contributed by atoms with E-state index in [2.05, 4.69) is 78.9 Å². The van der Waals surface area contributed by atoms with E-state index in [9.17, 15) is 5.11 Å². The molecule has 1 N–H and O–H groups in total. The van der Waals surface area contributed by atoms with Crippen LogP contribution in [-0.4, -0.2) is 23.8 Å². The lowest BCUT2D eigenvalue weighted by Gasteiger charge is -2.37. The lowest BCUT2D eigenvalue weighted by molar-refractivity contribution is -0.0893. The van der Waals surface area contributed by atoms with Gasteiger partial charge in [0.25, 0.3) is 0 Å². The van der Waals surface area contributed by atoms with Crippen LogP contribution in [0.5, 0.6) is 0 Å². The van der Waals surface area contributed by atoms with Crippen LogP contribution in [0.4, 0.5) is 0 Å². The highest BCUT2D eigenvalue weighted by Gasteiger charge is 2.35. The Morgan fingerprint density at radius 1 is 0.645 bits per heavy atom. The first kappa shape index (κ1) is 20.1. The molecule has 0 amide bonds. The molecule has 2 nitrogen and oxygen atoms in total. The molecule has 5 rings (SSSR count). The summed E-state index contributed by atoms with van der Waals surface area (Å²) in [6, 6.07) is 28.4. The molecule has 1 aliphatic carbocycles. The minimum atomic E-state index is -0.908. The largest absolute Gasteiger partial charge is 0.427 e. The van der Waals surface area contributed by atoms with Crippen molar-refractivity contribution < 1.29 is 9.76 Å². The van der Waals surface area contributed by atoms with E-state index in [1.165, 1.54) is 44.2 Å². The van der Waals surface area contributed by atoms with Crippen molar-refractivity contribution in [2.75, 3.05) is 0 Å². The minimum Gasteiger partial charge on any atom is -0.427 e. The molecule has 0 aliphatic heterocycles. The summed E-state index contributed by atoms with van der Waals surface area (Å²) in [5, 5.41) is 12.9. The zero-order chi connectivity index (χ0) is 21.8. The van der Waals surface area contributed by atoms with Crippen LogP contribution >= 0.6 is 0 Å². The Kier molecular flexibility index (Phi) is 4.58. The van der Waals surface area contributed by atoms with Gasteiger partial charge in [0.15, 0.2) is 0 Å². The lowest BCUT2D eigenvalue weighted by atomic mass is 9.82. The van der Waals surface area contributed by atoms with Gasteiger partial charge in [0.1, 0.15) is 0 Å². The Balaban J connectivity index is 1.49. The molecular formula is C28H27BO2. The molecule has 0 aromatic heterocycles. The first-order valence-electron chi connectivity index (χ1n) is 10.9. The summed E-state index contributed by atoms with van der Waals surface area (Å²) in [6.07, 6.45) is 0. The molecule has 0 saturated heterocycles. The van der Waals surface area contributed by atoms with Crippen molar-refractivity contribution in [1.82, 2.24) is 0 Å². The van der Waals surface area contributed by atoms with Crippen LogP contribution in [0.3, 0.4) is 0 Å². The highest BCUT2D eigenvalue weighted by molar-refractivity contribution is 6.47. The standard InChI is InChI=1S/C28H27BO2/c1-27(2,30)28(3,4)31-29-19-14-12-18(13-15-19)20-16-17-25-22-9-6-5-8-21(22)24-11-7-10-23(20)26(24)25/h5-17,29-30H,1-4H3. The highest BCUT2D eigenvalue weighted by Crippen LogP contribution is 2.48. The third kappa shape index (κ3) is 3.29. The van der Waals surface area contributed by atoms with Gasteiger partial charge in [-0.25, -0.2) is 0 Å². The zero-order valence-electron chi connectivity index (χ0n) is 18.6. The second-order valence-corrected chi connectivity index (χ2v) is 9.49. The van der Waals surface area contributed by atoms with Gasteiger partial charge in [0.05, 0.1) is 11.2 Å². The Morgan fingerprint density at radius 2 is 1.23 bits per heavy atom. The molecule has 31 heavy (non-hydrogen) atoms. The second-order valence-electron chi connectivity index (χ2n) is 9.49. The molecule has 0 bridgehead atoms. The Labute approximate surface area is 184 Å². The molecule has 0 atom stereocenters. The summed E-state index contributed by atoms with van der Waals surface area (Å²) in [7, 11) is 0.469. The van der Waals surface area contributed by atoms with Gasteiger partial charge in [0, 0.05) is 0 Å². The Morgan fingerprint density at radius 3 is 1.87 bits per heavy atom. The topological polar surface area (TPSA) is 29.5 Å². The fraction of sp³-hybridized carbons (Fsp3) is 0.214. The van der Waals surface area contributed by atoms with E-state index in [4.69, 9.17) is 4.65 Å². The van der Waals surface area contributed by atoms with Gasteiger partial charge in [0.2, 0.25) is 0 Å². The van der Waals surface area contributed by atoms with E-state index in [1.807, 2.05) is 13.8 Å². The molecular weight excluding hydrogens is 379 g/mol. The molecule has 0 radical (unpaired) electrons. The number of benzene rings is 4. The zero-order valence-corrected chi connectivity index (χ0v) is 18.6. The van der Waals surface area contributed by atoms with Gasteiger partial charge in [-0.2, -0.15) is 0 Å². The van der Waals surface area contributed by atoms with Crippen molar-refractivity contribution in [3.8, 4) is 33.4 Å². The summed E-state index contributed by atoms with van der Waals surface area (Å²) in [4.78, 5) is 0. The fourth-order valence-corrected chi connectivity index (χ4v) is 4.28. The summed E-state index contributed by atoms with van der Waals surface area (Å²) < 4.78 is 6.02. The molecule has 3 heteroatoms. The monoisotopic (exact) mass is 406 g/mol. The molecule has 0 spiro atoms. The fourth-order valence-electron chi connectivity index (χ4n) is 4.28. The van der Waals surface area contributed by atoms with Gasteiger partial charge in [-0.15, -0.1) is 0 Å². The van der Waals surface area contributed by atoms with Crippen molar-refractivity contribution in [3.05, 3.63) is 78.9 Å². The van der Waals surface area contributed by atoms with Gasteiger partial charge >= 0.3 is 7.48 Å². The van der Waals surface area contributed by atoms with Crippen LogP contribution in [0.2, 0.25) is 0 Å². The van der Waals surface area contributed by atoms with Crippen LogP contribution < -0.4 is 5.46 Å². The van der Waals surface area contributed by atoms with Crippen molar-refractivity contribution in [3.63, 3.8) is 0 Å². The highest BCUT2D eigenvalue weighted by atomic mass is 16.5. The third-order valence-corrected chi connectivity index (χ3v) is 6.89. The first-order valence-corrected chi connectivity index (χ1v) is 10.9. The van der Waals surface area contributed by atoms with Crippen LogP contribution in [0.25, 0.3) is 44.2 Å². The molecule has 1 aliphatic rings. The maximum absolute atomic E-state index is 10.3. The van der Waals surface area contributed by atoms with Gasteiger partial charge in [-0.1, -0.05) is 84.3 Å². The van der Waals surface area contributed by atoms with Crippen LogP contribution in [0.15, 0.2) is 78.9 Å². The predicted octanol–water partition coefficient (Wildman–Crippen LogP) is 5.70. The molecule has 4 aromatic carbocycles. The second kappa shape index (κ2) is 7.08. The van der Waals surface area contributed by atoms with Crippen molar-refractivity contribution in [2.24, 2.45) is 0 Å². The third-order valence-electron chi connectivity index (χ3n) is 6.89.